The van der Waals surface area contributed by atoms with Crippen LogP contribution in [0.5, 0.6) is 11.8 Å². The fourth-order valence-corrected chi connectivity index (χ4v) is 6.97. The third-order valence-corrected chi connectivity index (χ3v) is 9.63. The lowest BCUT2D eigenvalue weighted by Crippen LogP contribution is -2.37. The first kappa shape index (κ1) is 34.2. The highest BCUT2D eigenvalue weighted by Gasteiger charge is 2.28. The van der Waals surface area contributed by atoms with Crippen molar-refractivity contribution >= 4 is 22.9 Å². The van der Waals surface area contributed by atoms with E-state index >= 15 is 0 Å². The highest BCUT2D eigenvalue weighted by Crippen LogP contribution is 2.33. The first-order chi connectivity index (χ1) is 23.7. The molecule has 49 heavy (non-hydrogen) atoms. The number of aromatic nitrogens is 4. The number of halogens is 1. The van der Waals surface area contributed by atoms with Crippen LogP contribution in [0.3, 0.4) is 0 Å². The summed E-state index contributed by atoms with van der Waals surface area (Å²) in [6, 6.07) is 6.92. The summed E-state index contributed by atoms with van der Waals surface area (Å²) in [5, 5.41) is 24.2. The van der Waals surface area contributed by atoms with E-state index in [0.29, 0.717) is 29.7 Å². The fraction of sp³-hybridized carbons (Fsp3) is 0.514. The zero-order valence-corrected chi connectivity index (χ0v) is 27.6. The standard InChI is InChI=1S/C35H42FN5O8/c1-22-26(15-19-39-17-13-23(14-18-39)33-27-10-9-25(36)21-28(27)48-38-33)35(46)40-16-3-5-24(34(40)37-22)6-4-20-47-31(44)7-2-8-32(45)49-41-29(42)11-12-30(41)43/h9-12,21,23-24,42-43H,2-8,13-20H2,1H3. The van der Waals surface area contributed by atoms with Crippen LogP contribution in [-0.2, 0) is 27.3 Å². The van der Waals surface area contributed by atoms with E-state index in [1.54, 1.807) is 6.07 Å². The van der Waals surface area contributed by atoms with E-state index in [1.807, 2.05) is 11.5 Å². The maximum Gasteiger partial charge on any atom is 0.333 e. The molecule has 0 spiro atoms. The normalized spacial score (nSPS) is 16.9. The highest BCUT2D eigenvalue weighted by molar-refractivity contribution is 5.80. The van der Waals surface area contributed by atoms with Crippen molar-refractivity contribution in [1.29, 1.82) is 0 Å². The molecule has 0 saturated carbocycles. The molecule has 5 heterocycles. The lowest BCUT2D eigenvalue weighted by atomic mass is 9.91. The van der Waals surface area contributed by atoms with Gasteiger partial charge in [0.1, 0.15) is 11.6 Å². The molecule has 13 nitrogen and oxygen atoms in total. The molecule has 0 amide bonds. The Morgan fingerprint density at radius 2 is 1.78 bits per heavy atom. The zero-order valence-electron chi connectivity index (χ0n) is 27.6. The molecule has 14 heteroatoms. The molecule has 2 aliphatic rings. The number of aromatic hydroxyl groups is 2. The van der Waals surface area contributed by atoms with Gasteiger partial charge in [0, 0.05) is 72.6 Å². The number of hydrogen-bond donors (Lipinski definition) is 2. The van der Waals surface area contributed by atoms with E-state index in [2.05, 4.69) is 10.1 Å². The average molecular weight is 680 g/mol. The first-order valence-corrected chi connectivity index (χ1v) is 17.0. The van der Waals surface area contributed by atoms with Gasteiger partial charge in [0.25, 0.3) is 5.56 Å². The van der Waals surface area contributed by atoms with Crippen LogP contribution in [0.25, 0.3) is 11.0 Å². The quantitative estimate of drug-likeness (QED) is 0.151. The molecule has 1 atom stereocenters. The van der Waals surface area contributed by atoms with Crippen molar-refractivity contribution in [2.24, 2.45) is 0 Å². The second kappa shape index (κ2) is 15.2. The topological polar surface area (TPSA) is 162 Å². The Labute approximate surface area is 282 Å². The number of likely N-dealkylation sites (tertiary alicyclic amines) is 1. The minimum Gasteiger partial charge on any atom is -0.492 e. The molecule has 262 valence electrons. The van der Waals surface area contributed by atoms with Gasteiger partial charge < -0.3 is 29.2 Å². The predicted molar refractivity (Wildman–Crippen MR) is 175 cm³/mol. The molecule has 0 aliphatic carbocycles. The Kier molecular flexibility index (Phi) is 10.6. The smallest absolute Gasteiger partial charge is 0.333 e. The maximum absolute atomic E-state index is 13.6. The van der Waals surface area contributed by atoms with Crippen molar-refractivity contribution < 1.29 is 38.3 Å². The van der Waals surface area contributed by atoms with Gasteiger partial charge in [-0.05, 0) is 83.5 Å². The second-order valence-electron chi connectivity index (χ2n) is 12.9. The van der Waals surface area contributed by atoms with E-state index in [-0.39, 0.29) is 49.1 Å². The third-order valence-electron chi connectivity index (χ3n) is 9.63. The summed E-state index contributed by atoms with van der Waals surface area (Å²) >= 11 is 0. The van der Waals surface area contributed by atoms with E-state index in [4.69, 9.17) is 19.1 Å². The van der Waals surface area contributed by atoms with Crippen LogP contribution in [0.1, 0.15) is 92.4 Å². The number of benzene rings is 1. The average Bonchev–Trinajstić information content (AvgIpc) is 3.65. The molecule has 3 aromatic heterocycles. The van der Waals surface area contributed by atoms with Gasteiger partial charge in [-0.3, -0.25) is 14.2 Å². The Balaban J connectivity index is 0.935. The van der Waals surface area contributed by atoms with Gasteiger partial charge in [0.2, 0.25) is 11.8 Å². The number of piperidine rings is 1. The van der Waals surface area contributed by atoms with E-state index in [0.717, 1.165) is 79.9 Å². The molecular formula is C35H42FN5O8. The fourth-order valence-electron chi connectivity index (χ4n) is 6.97. The van der Waals surface area contributed by atoms with Gasteiger partial charge in [-0.15, -0.1) is 4.73 Å². The number of carbonyl (C=O) groups excluding carboxylic acids is 2. The van der Waals surface area contributed by atoms with Crippen molar-refractivity contribution in [2.45, 2.75) is 89.5 Å². The number of hydrogen-bond acceptors (Lipinski definition) is 11. The third kappa shape index (κ3) is 7.96. The lowest BCUT2D eigenvalue weighted by molar-refractivity contribution is -0.146. The summed E-state index contributed by atoms with van der Waals surface area (Å²) in [5.74, 6) is -1.13. The highest BCUT2D eigenvalue weighted by atomic mass is 19.1. The minimum atomic E-state index is -0.704. The Hall–Kier alpha value is -4.72. The number of fused-ring (bicyclic) bond motifs is 2. The maximum atomic E-state index is 13.6. The molecule has 1 fully saturated rings. The second-order valence-corrected chi connectivity index (χ2v) is 12.9. The van der Waals surface area contributed by atoms with Gasteiger partial charge in [-0.1, -0.05) is 5.16 Å². The molecule has 0 radical (unpaired) electrons. The number of carbonyl (C=O) groups is 2. The number of ether oxygens (including phenoxy) is 1. The summed E-state index contributed by atoms with van der Waals surface area (Å²) in [6.45, 7) is 5.31. The Morgan fingerprint density at radius 3 is 2.55 bits per heavy atom. The summed E-state index contributed by atoms with van der Waals surface area (Å²) in [4.78, 5) is 49.9. The van der Waals surface area contributed by atoms with Crippen LogP contribution in [-0.4, -0.2) is 72.7 Å². The molecule has 1 saturated heterocycles. The van der Waals surface area contributed by atoms with Gasteiger partial charge in [-0.25, -0.2) is 14.2 Å². The monoisotopic (exact) mass is 679 g/mol. The van der Waals surface area contributed by atoms with Crippen LogP contribution in [0.4, 0.5) is 4.39 Å². The van der Waals surface area contributed by atoms with E-state index < -0.39 is 23.7 Å². The molecule has 6 rings (SSSR count). The summed E-state index contributed by atoms with van der Waals surface area (Å²) in [7, 11) is 0. The van der Waals surface area contributed by atoms with Crippen LogP contribution < -0.4 is 10.4 Å². The van der Waals surface area contributed by atoms with Crippen LogP contribution in [0.2, 0.25) is 0 Å². The van der Waals surface area contributed by atoms with Crippen LogP contribution >= 0.6 is 0 Å². The predicted octanol–water partition coefficient (Wildman–Crippen LogP) is 4.49. The summed E-state index contributed by atoms with van der Waals surface area (Å²) in [5.41, 5.74) is 2.94. The van der Waals surface area contributed by atoms with Gasteiger partial charge >= 0.3 is 11.9 Å². The van der Waals surface area contributed by atoms with E-state index in [1.165, 1.54) is 24.3 Å². The van der Waals surface area contributed by atoms with Crippen molar-refractivity contribution in [2.75, 3.05) is 26.2 Å². The number of aryl methyl sites for hydroxylation is 1. The van der Waals surface area contributed by atoms with Crippen LogP contribution in [0, 0.1) is 12.7 Å². The van der Waals surface area contributed by atoms with Gasteiger partial charge in [-0.2, -0.15) is 0 Å². The molecular weight excluding hydrogens is 637 g/mol. The summed E-state index contributed by atoms with van der Waals surface area (Å²) < 4.78 is 26.7. The number of nitrogens with zero attached hydrogens (tertiary/aromatic N) is 5. The molecule has 1 unspecified atom stereocenters. The van der Waals surface area contributed by atoms with Gasteiger partial charge in [0.05, 0.1) is 12.3 Å². The number of esters is 1. The van der Waals surface area contributed by atoms with Crippen molar-refractivity contribution in [3.8, 4) is 11.8 Å². The minimum absolute atomic E-state index is 0.0308. The number of rotatable bonds is 13. The SMILES string of the molecule is Cc1nc2n(c(=O)c1CCN1CCC(c3noc4cc(F)ccc34)CC1)CCCC2CCCOC(=O)CCCC(=O)On1c(O)ccc1O. The zero-order chi connectivity index (χ0) is 34.5. The first-order valence-electron chi connectivity index (χ1n) is 17.0. The van der Waals surface area contributed by atoms with Crippen molar-refractivity contribution in [3.63, 3.8) is 0 Å². The van der Waals surface area contributed by atoms with Crippen LogP contribution in [0.15, 0.2) is 39.6 Å². The Bertz CT molecular complexity index is 1840. The van der Waals surface area contributed by atoms with Crippen molar-refractivity contribution in [3.05, 3.63) is 69.3 Å². The molecule has 2 N–H and O–H groups in total. The van der Waals surface area contributed by atoms with E-state index in [9.17, 15) is 29.0 Å². The lowest BCUT2D eigenvalue weighted by Gasteiger charge is -2.31. The molecule has 1 aromatic carbocycles. The summed E-state index contributed by atoms with van der Waals surface area (Å²) in [6.07, 6.45) is 5.76. The van der Waals surface area contributed by atoms with Crippen molar-refractivity contribution in [1.82, 2.24) is 24.3 Å². The molecule has 0 bridgehead atoms. The molecule has 4 aromatic rings. The molecule has 2 aliphatic heterocycles. The largest absolute Gasteiger partial charge is 0.492 e. The Morgan fingerprint density at radius 1 is 1.02 bits per heavy atom. The van der Waals surface area contributed by atoms with Gasteiger partial charge in [0.15, 0.2) is 5.58 Å².